The fraction of sp³-hybridized carbons (Fsp3) is 0.182. The molecule has 2 aromatic carbocycles. The van der Waals surface area contributed by atoms with E-state index in [-0.39, 0.29) is 5.56 Å². The molecule has 0 saturated heterocycles. The van der Waals surface area contributed by atoms with Crippen LogP contribution in [-0.4, -0.2) is 16.2 Å². The third-order valence-electron chi connectivity index (χ3n) is 4.47. The number of hydrogen-bond donors (Lipinski definition) is 0. The molecule has 2 heterocycles. The zero-order chi connectivity index (χ0) is 18.6. The second kappa shape index (κ2) is 7.76. The van der Waals surface area contributed by atoms with E-state index in [1.165, 1.54) is 0 Å². The summed E-state index contributed by atoms with van der Waals surface area (Å²) < 4.78 is 7.41. The minimum Gasteiger partial charge on any atom is -0.494 e. The van der Waals surface area contributed by atoms with Gasteiger partial charge in [0.1, 0.15) is 10.6 Å². The smallest absolute Gasteiger partial charge is 0.262 e. The van der Waals surface area contributed by atoms with E-state index in [0.29, 0.717) is 13.2 Å². The molecule has 5 heteroatoms. The molecule has 0 aliphatic carbocycles. The fourth-order valence-electron chi connectivity index (χ4n) is 3.19. The van der Waals surface area contributed by atoms with Crippen molar-refractivity contribution in [3.05, 3.63) is 82.2 Å². The van der Waals surface area contributed by atoms with Crippen molar-refractivity contribution in [2.24, 2.45) is 0 Å². The van der Waals surface area contributed by atoms with Crippen LogP contribution >= 0.6 is 11.3 Å². The molecule has 0 atom stereocenters. The van der Waals surface area contributed by atoms with Crippen molar-refractivity contribution in [3.63, 3.8) is 0 Å². The van der Waals surface area contributed by atoms with Gasteiger partial charge in [-0.15, -0.1) is 11.3 Å². The Morgan fingerprint density at radius 3 is 2.48 bits per heavy atom. The Morgan fingerprint density at radius 2 is 1.74 bits per heavy atom. The average Bonchev–Trinajstić information content (AvgIpc) is 3.05. The Morgan fingerprint density at radius 1 is 1.04 bits per heavy atom. The highest BCUT2D eigenvalue weighted by Gasteiger charge is 2.16. The molecule has 0 fully saturated rings. The van der Waals surface area contributed by atoms with Gasteiger partial charge in [-0.1, -0.05) is 48.5 Å². The Labute approximate surface area is 161 Å². The van der Waals surface area contributed by atoms with Crippen molar-refractivity contribution >= 4 is 21.6 Å². The second-order valence-corrected chi connectivity index (χ2v) is 7.54. The molecule has 0 unspecified atom stereocenters. The van der Waals surface area contributed by atoms with E-state index in [0.717, 1.165) is 38.4 Å². The van der Waals surface area contributed by atoms with Gasteiger partial charge in [0, 0.05) is 17.0 Å². The van der Waals surface area contributed by atoms with Gasteiger partial charge in [-0.3, -0.25) is 9.36 Å². The van der Waals surface area contributed by atoms with Crippen LogP contribution in [-0.2, 0) is 6.54 Å². The fourth-order valence-corrected chi connectivity index (χ4v) is 4.19. The number of para-hydroxylation sites is 1. The predicted octanol–water partition coefficient (Wildman–Crippen LogP) is 4.90. The van der Waals surface area contributed by atoms with E-state index in [9.17, 15) is 4.79 Å². The van der Waals surface area contributed by atoms with Crippen molar-refractivity contribution in [2.75, 3.05) is 6.61 Å². The molecule has 2 aromatic heterocycles. The normalized spacial score (nSPS) is 11.0. The summed E-state index contributed by atoms with van der Waals surface area (Å²) in [7, 11) is 0. The van der Waals surface area contributed by atoms with Crippen molar-refractivity contribution in [2.45, 2.75) is 19.9 Å². The number of aromatic nitrogens is 2. The molecular weight excluding hydrogens is 356 g/mol. The lowest BCUT2D eigenvalue weighted by molar-refractivity contribution is 0.301. The summed E-state index contributed by atoms with van der Waals surface area (Å²) in [5.41, 5.74) is 2.08. The number of rotatable bonds is 6. The van der Waals surface area contributed by atoms with Gasteiger partial charge in [0.2, 0.25) is 0 Å². The largest absolute Gasteiger partial charge is 0.494 e. The number of nitrogens with zero attached hydrogens (tertiary/aromatic N) is 2. The van der Waals surface area contributed by atoms with Gasteiger partial charge >= 0.3 is 0 Å². The molecule has 0 N–H and O–H groups in total. The van der Waals surface area contributed by atoms with Gasteiger partial charge in [0.05, 0.1) is 18.3 Å². The average molecular weight is 376 g/mol. The van der Waals surface area contributed by atoms with Crippen LogP contribution in [0.4, 0.5) is 0 Å². The van der Waals surface area contributed by atoms with Gasteiger partial charge in [-0.25, -0.2) is 4.98 Å². The van der Waals surface area contributed by atoms with Gasteiger partial charge < -0.3 is 4.74 Å². The van der Waals surface area contributed by atoms with E-state index in [4.69, 9.17) is 4.74 Å². The quantitative estimate of drug-likeness (QED) is 0.450. The summed E-state index contributed by atoms with van der Waals surface area (Å²) in [6, 6.07) is 19.8. The lowest BCUT2D eigenvalue weighted by atomic mass is 10.0. The minimum absolute atomic E-state index is 0.0166. The number of hydrogen-bond acceptors (Lipinski definition) is 4. The first kappa shape index (κ1) is 17.5. The van der Waals surface area contributed by atoms with E-state index in [2.05, 4.69) is 4.98 Å². The van der Waals surface area contributed by atoms with Crippen molar-refractivity contribution in [3.8, 4) is 16.9 Å². The van der Waals surface area contributed by atoms with Crippen LogP contribution in [0.5, 0.6) is 5.75 Å². The SMILES string of the molecule is Cc1sc2ncn(CCCOc3ccccc3)c(=O)c2c1-c1ccccc1. The molecule has 0 bridgehead atoms. The van der Waals surface area contributed by atoms with Crippen LogP contribution in [0.2, 0.25) is 0 Å². The van der Waals surface area contributed by atoms with Crippen molar-refractivity contribution in [1.29, 1.82) is 0 Å². The summed E-state index contributed by atoms with van der Waals surface area (Å²) in [6.45, 7) is 3.19. The highest BCUT2D eigenvalue weighted by molar-refractivity contribution is 7.19. The monoisotopic (exact) mass is 376 g/mol. The molecule has 27 heavy (non-hydrogen) atoms. The molecule has 0 aliphatic heterocycles. The first-order chi connectivity index (χ1) is 13.2. The number of benzene rings is 2. The minimum atomic E-state index is 0.0166. The zero-order valence-electron chi connectivity index (χ0n) is 15.1. The summed E-state index contributed by atoms with van der Waals surface area (Å²) in [5, 5.41) is 0.718. The molecule has 0 radical (unpaired) electrons. The zero-order valence-corrected chi connectivity index (χ0v) is 15.9. The second-order valence-electron chi connectivity index (χ2n) is 6.34. The molecule has 0 aliphatic rings. The van der Waals surface area contributed by atoms with E-state index in [1.54, 1.807) is 22.2 Å². The van der Waals surface area contributed by atoms with Crippen LogP contribution in [0, 0.1) is 6.92 Å². The predicted molar refractivity (Wildman–Crippen MR) is 111 cm³/mol. The molecule has 4 nitrogen and oxygen atoms in total. The molecule has 0 saturated carbocycles. The Bertz CT molecular complexity index is 1100. The van der Waals surface area contributed by atoms with Crippen LogP contribution in [0.25, 0.3) is 21.3 Å². The van der Waals surface area contributed by atoms with Gasteiger partial charge in [0.25, 0.3) is 5.56 Å². The lowest BCUT2D eigenvalue weighted by Gasteiger charge is -2.08. The van der Waals surface area contributed by atoms with Crippen LogP contribution < -0.4 is 10.3 Å². The Hall–Kier alpha value is -2.92. The molecular formula is C22H20N2O2S. The number of fused-ring (bicyclic) bond motifs is 1. The molecule has 0 spiro atoms. The maximum absolute atomic E-state index is 13.1. The summed E-state index contributed by atoms with van der Waals surface area (Å²) in [6.07, 6.45) is 2.39. The van der Waals surface area contributed by atoms with Gasteiger partial charge in [0.15, 0.2) is 0 Å². The van der Waals surface area contributed by atoms with Crippen LogP contribution in [0.1, 0.15) is 11.3 Å². The number of aryl methyl sites for hydroxylation is 2. The highest BCUT2D eigenvalue weighted by atomic mass is 32.1. The van der Waals surface area contributed by atoms with Crippen molar-refractivity contribution < 1.29 is 4.74 Å². The molecule has 136 valence electrons. The number of ether oxygens (including phenoxy) is 1. The maximum Gasteiger partial charge on any atom is 0.262 e. The standard InChI is InChI=1S/C22H20N2O2S/c1-16-19(17-9-4-2-5-10-17)20-21(27-16)23-15-24(22(20)25)13-8-14-26-18-11-6-3-7-12-18/h2-7,9-12,15H,8,13-14H2,1H3. The van der Waals surface area contributed by atoms with Gasteiger partial charge in [-0.05, 0) is 31.0 Å². The van der Waals surface area contributed by atoms with E-state index in [1.807, 2.05) is 67.6 Å². The summed E-state index contributed by atoms with van der Waals surface area (Å²) >= 11 is 1.57. The molecule has 0 amide bonds. The van der Waals surface area contributed by atoms with Gasteiger partial charge in [-0.2, -0.15) is 0 Å². The third kappa shape index (κ3) is 3.64. The van der Waals surface area contributed by atoms with Crippen molar-refractivity contribution in [1.82, 2.24) is 9.55 Å². The summed E-state index contributed by atoms with van der Waals surface area (Å²) in [5.74, 6) is 0.846. The topological polar surface area (TPSA) is 44.1 Å². The first-order valence-electron chi connectivity index (χ1n) is 8.96. The maximum atomic E-state index is 13.1. The highest BCUT2D eigenvalue weighted by Crippen LogP contribution is 2.35. The Balaban J connectivity index is 1.58. The Kier molecular flexibility index (Phi) is 5.03. The van der Waals surface area contributed by atoms with E-state index < -0.39 is 0 Å². The molecule has 4 rings (SSSR count). The third-order valence-corrected chi connectivity index (χ3v) is 5.49. The van der Waals surface area contributed by atoms with Crippen LogP contribution in [0.3, 0.4) is 0 Å². The molecule has 4 aromatic rings. The lowest BCUT2D eigenvalue weighted by Crippen LogP contribution is -2.21. The van der Waals surface area contributed by atoms with E-state index >= 15 is 0 Å². The summed E-state index contributed by atoms with van der Waals surface area (Å²) in [4.78, 5) is 19.5. The van der Waals surface area contributed by atoms with Crippen LogP contribution in [0.15, 0.2) is 71.8 Å². The number of thiophene rings is 1. The first-order valence-corrected chi connectivity index (χ1v) is 9.77.